The van der Waals surface area contributed by atoms with E-state index in [1.807, 2.05) is 0 Å². The minimum absolute atomic E-state index is 0.221. The Morgan fingerprint density at radius 3 is 2.67 bits per heavy atom. The van der Waals surface area contributed by atoms with Crippen LogP contribution in [-0.2, 0) is 9.53 Å². The van der Waals surface area contributed by atoms with Gasteiger partial charge in [-0.15, -0.1) is 0 Å². The quantitative estimate of drug-likeness (QED) is 0.799. The highest BCUT2D eigenvalue weighted by molar-refractivity contribution is 9.10. The molecule has 0 bridgehead atoms. The van der Waals surface area contributed by atoms with Gasteiger partial charge in [0.05, 0.1) is 17.8 Å². The smallest absolute Gasteiger partial charge is 0.332 e. The molecule has 1 N–H and O–H groups in total. The molecule has 0 spiro atoms. The first-order valence-corrected chi connectivity index (χ1v) is 7.24. The molecule has 0 radical (unpaired) electrons. The molecule has 0 amide bonds. The predicted molar refractivity (Wildman–Crippen MR) is 83.9 cm³/mol. The molecule has 0 heterocycles. The molecular formula is C15H12BrClFNO2. The van der Waals surface area contributed by atoms with Crippen molar-refractivity contribution in [2.24, 2.45) is 0 Å². The Morgan fingerprint density at radius 1 is 1.33 bits per heavy atom. The standard InChI is InChI=1S/C15H12BrClFNO2/c1-21-15(20)14(9-6-7-11(17)10(16)8-9)19-13-5-3-2-4-12(13)18/h2-8,14,19H,1H3. The first-order chi connectivity index (χ1) is 10.0. The average molecular weight is 373 g/mol. The Labute approximate surface area is 135 Å². The topological polar surface area (TPSA) is 38.3 Å². The second-order valence-corrected chi connectivity index (χ2v) is 5.52. The van der Waals surface area contributed by atoms with E-state index in [1.165, 1.54) is 13.2 Å². The second kappa shape index (κ2) is 6.91. The number of methoxy groups -OCH3 is 1. The minimum atomic E-state index is -0.833. The minimum Gasteiger partial charge on any atom is -0.467 e. The number of halogens is 3. The van der Waals surface area contributed by atoms with Crippen LogP contribution in [0.1, 0.15) is 11.6 Å². The van der Waals surface area contributed by atoms with E-state index in [-0.39, 0.29) is 5.69 Å². The first-order valence-electron chi connectivity index (χ1n) is 6.06. The van der Waals surface area contributed by atoms with Crippen molar-refractivity contribution in [3.8, 4) is 0 Å². The van der Waals surface area contributed by atoms with Crippen LogP contribution in [0.3, 0.4) is 0 Å². The van der Waals surface area contributed by atoms with Gasteiger partial charge in [0.1, 0.15) is 5.82 Å². The number of hydrogen-bond donors (Lipinski definition) is 1. The summed E-state index contributed by atoms with van der Waals surface area (Å²) < 4.78 is 19.2. The van der Waals surface area contributed by atoms with Gasteiger partial charge in [-0.05, 0) is 45.8 Å². The number of benzene rings is 2. The number of hydrogen-bond acceptors (Lipinski definition) is 3. The SMILES string of the molecule is COC(=O)C(Nc1ccccc1F)c1ccc(Cl)c(Br)c1. The molecule has 0 saturated heterocycles. The molecule has 3 nitrogen and oxygen atoms in total. The van der Waals surface area contributed by atoms with Crippen LogP contribution in [0, 0.1) is 5.82 Å². The molecule has 1 unspecified atom stereocenters. The summed E-state index contributed by atoms with van der Waals surface area (Å²) in [5.41, 5.74) is 0.834. The predicted octanol–water partition coefficient (Wildman–Crippen LogP) is 4.57. The summed E-state index contributed by atoms with van der Waals surface area (Å²) in [5.74, 6) is -0.966. The van der Waals surface area contributed by atoms with Crippen molar-refractivity contribution < 1.29 is 13.9 Å². The van der Waals surface area contributed by atoms with Crippen molar-refractivity contribution >= 4 is 39.2 Å². The summed E-state index contributed by atoms with van der Waals surface area (Å²) in [5, 5.41) is 3.37. The van der Waals surface area contributed by atoms with Crippen molar-refractivity contribution in [2.75, 3.05) is 12.4 Å². The summed E-state index contributed by atoms with van der Waals surface area (Å²) in [4.78, 5) is 12.0. The number of nitrogens with one attached hydrogen (secondary N) is 1. The van der Waals surface area contributed by atoms with Crippen LogP contribution in [0.15, 0.2) is 46.9 Å². The molecule has 6 heteroatoms. The maximum atomic E-state index is 13.7. The fourth-order valence-electron chi connectivity index (χ4n) is 1.82. The van der Waals surface area contributed by atoms with Gasteiger partial charge in [-0.25, -0.2) is 9.18 Å². The maximum absolute atomic E-state index is 13.7. The van der Waals surface area contributed by atoms with Crippen LogP contribution in [0.2, 0.25) is 5.02 Å². The van der Waals surface area contributed by atoms with Gasteiger partial charge in [-0.1, -0.05) is 29.8 Å². The van der Waals surface area contributed by atoms with Gasteiger partial charge in [-0.3, -0.25) is 0 Å². The van der Waals surface area contributed by atoms with Crippen LogP contribution in [-0.4, -0.2) is 13.1 Å². The molecule has 0 fully saturated rings. The molecule has 0 saturated carbocycles. The average Bonchev–Trinajstić information content (AvgIpc) is 2.48. The van der Waals surface area contributed by atoms with E-state index in [9.17, 15) is 9.18 Å². The fraction of sp³-hybridized carbons (Fsp3) is 0.133. The molecule has 0 aliphatic carbocycles. The van der Waals surface area contributed by atoms with E-state index in [0.29, 0.717) is 15.1 Å². The van der Waals surface area contributed by atoms with Crippen molar-refractivity contribution in [3.05, 3.63) is 63.3 Å². The van der Waals surface area contributed by atoms with Gasteiger partial charge in [0.25, 0.3) is 0 Å². The molecule has 2 aromatic carbocycles. The van der Waals surface area contributed by atoms with E-state index < -0.39 is 17.8 Å². The van der Waals surface area contributed by atoms with Crippen molar-refractivity contribution in [2.45, 2.75) is 6.04 Å². The molecule has 0 aromatic heterocycles. The Morgan fingerprint density at radius 2 is 2.05 bits per heavy atom. The van der Waals surface area contributed by atoms with Crippen LogP contribution in [0.5, 0.6) is 0 Å². The van der Waals surface area contributed by atoms with Crippen molar-refractivity contribution in [1.29, 1.82) is 0 Å². The largest absolute Gasteiger partial charge is 0.467 e. The van der Waals surface area contributed by atoms with Crippen LogP contribution in [0.4, 0.5) is 10.1 Å². The molecule has 21 heavy (non-hydrogen) atoms. The lowest BCUT2D eigenvalue weighted by molar-refractivity contribution is -0.141. The van der Waals surface area contributed by atoms with Gasteiger partial charge in [0.2, 0.25) is 0 Å². The Hall–Kier alpha value is -1.59. The van der Waals surface area contributed by atoms with Gasteiger partial charge in [0, 0.05) is 4.47 Å². The molecule has 1 atom stereocenters. The zero-order chi connectivity index (χ0) is 15.4. The second-order valence-electron chi connectivity index (χ2n) is 4.25. The number of ether oxygens (including phenoxy) is 1. The van der Waals surface area contributed by atoms with Gasteiger partial charge in [-0.2, -0.15) is 0 Å². The van der Waals surface area contributed by atoms with Crippen LogP contribution in [0.25, 0.3) is 0 Å². The van der Waals surface area contributed by atoms with Crippen LogP contribution < -0.4 is 5.32 Å². The highest BCUT2D eigenvalue weighted by Gasteiger charge is 2.23. The van der Waals surface area contributed by atoms with Gasteiger partial charge in [0.15, 0.2) is 6.04 Å². The Bertz CT molecular complexity index is 666. The number of carbonyl (C=O) groups is 1. The fourth-order valence-corrected chi connectivity index (χ4v) is 2.34. The van der Waals surface area contributed by atoms with E-state index in [0.717, 1.165) is 0 Å². The zero-order valence-electron chi connectivity index (χ0n) is 11.1. The zero-order valence-corrected chi connectivity index (χ0v) is 13.4. The number of anilines is 1. The summed E-state index contributed by atoms with van der Waals surface area (Å²) >= 11 is 9.24. The molecule has 2 aromatic rings. The van der Waals surface area contributed by atoms with E-state index in [4.69, 9.17) is 16.3 Å². The number of rotatable bonds is 4. The van der Waals surface area contributed by atoms with Gasteiger partial charge < -0.3 is 10.1 Å². The lowest BCUT2D eigenvalue weighted by Gasteiger charge is -2.19. The summed E-state index contributed by atoms with van der Waals surface area (Å²) in [6.45, 7) is 0. The lowest BCUT2D eigenvalue weighted by Crippen LogP contribution is -2.22. The van der Waals surface area contributed by atoms with E-state index >= 15 is 0 Å². The third-order valence-electron chi connectivity index (χ3n) is 2.89. The highest BCUT2D eigenvalue weighted by Crippen LogP contribution is 2.29. The van der Waals surface area contributed by atoms with Crippen molar-refractivity contribution in [1.82, 2.24) is 0 Å². The third kappa shape index (κ3) is 3.74. The van der Waals surface area contributed by atoms with E-state index in [1.54, 1.807) is 36.4 Å². The van der Waals surface area contributed by atoms with E-state index in [2.05, 4.69) is 21.2 Å². The molecule has 0 aliphatic heterocycles. The lowest BCUT2D eigenvalue weighted by atomic mass is 10.1. The highest BCUT2D eigenvalue weighted by atomic mass is 79.9. The Balaban J connectivity index is 2.37. The first kappa shape index (κ1) is 15.8. The monoisotopic (exact) mass is 371 g/mol. The van der Waals surface area contributed by atoms with Gasteiger partial charge >= 0.3 is 5.97 Å². The number of para-hydroxylation sites is 1. The maximum Gasteiger partial charge on any atom is 0.332 e. The molecule has 110 valence electrons. The number of esters is 1. The van der Waals surface area contributed by atoms with Crippen molar-refractivity contribution in [3.63, 3.8) is 0 Å². The van der Waals surface area contributed by atoms with Crippen LogP contribution >= 0.6 is 27.5 Å². The summed E-state index contributed by atoms with van der Waals surface area (Å²) in [7, 11) is 1.28. The number of carbonyl (C=O) groups excluding carboxylic acids is 1. The normalized spacial score (nSPS) is 11.8. The third-order valence-corrected chi connectivity index (χ3v) is 4.10. The molecule has 2 rings (SSSR count). The Kier molecular flexibility index (Phi) is 5.20. The summed E-state index contributed by atoms with van der Waals surface area (Å²) in [6, 6.07) is 10.3. The molecular weight excluding hydrogens is 361 g/mol. The molecule has 0 aliphatic rings. The summed E-state index contributed by atoms with van der Waals surface area (Å²) in [6.07, 6.45) is 0.